The van der Waals surface area contributed by atoms with Gasteiger partial charge in [0.1, 0.15) is 0 Å². The van der Waals surface area contributed by atoms with Crippen LogP contribution in [0.5, 0.6) is 0 Å². The van der Waals surface area contributed by atoms with E-state index in [1.54, 1.807) is 13.1 Å². The first-order chi connectivity index (χ1) is 11.4. The average Bonchev–Trinajstić information content (AvgIpc) is 2.57. The maximum Gasteiger partial charge on any atom is 0.246 e. The fourth-order valence-electron chi connectivity index (χ4n) is 3.02. The molecular weight excluding hydrogens is 310 g/mol. The van der Waals surface area contributed by atoms with Gasteiger partial charge in [-0.15, -0.1) is 0 Å². The molecule has 8 heteroatoms. The summed E-state index contributed by atoms with van der Waals surface area (Å²) in [5.41, 5.74) is 6.10. The lowest BCUT2D eigenvalue weighted by molar-refractivity contribution is -0.163. The van der Waals surface area contributed by atoms with Crippen molar-refractivity contribution in [2.24, 2.45) is 11.3 Å². The number of hydrazine groups is 1. The average molecular weight is 335 g/mol. The quantitative estimate of drug-likeness (QED) is 0.414. The van der Waals surface area contributed by atoms with E-state index in [1.165, 1.54) is 0 Å². The zero-order valence-corrected chi connectivity index (χ0v) is 14.4. The van der Waals surface area contributed by atoms with Gasteiger partial charge in [0, 0.05) is 6.20 Å². The molecule has 2 rings (SSSR count). The third-order valence-electron chi connectivity index (χ3n) is 4.67. The van der Waals surface area contributed by atoms with Gasteiger partial charge in [0.25, 0.3) is 0 Å². The highest BCUT2D eigenvalue weighted by Gasteiger charge is 2.42. The number of hydrogen-bond acceptors (Lipinski definition) is 6. The SMILES string of the molecule is Cc1cnc(C)c(NNC(=O)C2(CN(O)C=O)CCC(C)CC2)n1. The molecule has 1 aromatic heterocycles. The van der Waals surface area contributed by atoms with Crippen molar-refractivity contribution in [3.63, 3.8) is 0 Å². The van der Waals surface area contributed by atoms with Crippen molar-refractivity contribution in [1.29, 1.82) is 0 Å². The number of hydrogen-bond donors (Lipinski definition) is 3. The second-order valence-corrected chi connectivity index (χ2v) is 6.69. The molecule has 132 valence electrons. The van der Waals surface area contributed by atoms with Crippen molar-refractivity contribution in [2.45, 2.75) is 46.5 Å². The van der Waals surface area contributed by atoms with Gasteiger partial charge in [0.2, 0.25) is 12.3 Å². The van der Waals surface area contributed by atoms with Crippen LogP contribution >= 0.6 is 0 Å². The Hall–Kier alpha value is -2.22. The lowest BCUT2D eigenvalue weighted by Gasteiger charge is -2.38. The van der Waals surface area contributed by atoms with Crippen LogP contribution in [0.25, 0.3) is 0 Å². The van der Waals surface area contributed by atoms with Crippen LogP contribution in [0.2, 0.25) is 0 Å². The first-order valence-electron chi connectivity index (χ1n) is 8.14. The highest BCUT2D eigenvalue weighted by atomic mass is 16.5. The minimum absolute atomic E-state index is 0.0186. The van der Waals surface area contributed by atoms with Crippen LogP contribution < -0.4 is 10.9 Å². The van der Waals surface area contributed by atoms with E-state index in [1.807, 2.05) is 6.92 Å². The molecule has 1 aliphatic rings. The second-order valence-electron chi connectivity index (χ2n) is 6.69. The summed E-state index contributed by atoms with van der Waals surface area (Å²) in [6, 6.07) is 0. The van der Waals surface area contributed by atoms with Crippen molar-refractivity contribution >= 4 is 18.1 Å². The summed E-state index contributed by atoms with van der Waals surface area (Å²) in [6.45, 7) is 5.73. The third-order valence-corrected chi connectivity index (χ3v) is 4.67. The van der Waals surface area contributed by atoms with Crippen LogP contribution in [-0.2, 0) is 9.59 Å². The van der Waals surface area contributed by atoms with Gasteiger partial charge in [-0.25, -0.2) is 10.0 Å². The molecule has 3 N–H and O–H groups in total. The number of nitrogens with one attached hydrogen (secondary N) is 2. The van der Waals surface area contributed by atoms with Crippen molar-refractivity contribution in [1.82, 2.24) is 20.5 Å². The first kappa shape index (κ1) is 18.1. The number of carbonyl (C=O) groups excluding carboxylic acids is 2. The summed E-state index contributed by atoms with van der Waals surface area (Å²) in [5.74, 6) is 0.768. The van der Waals surface area contributed by atoms with E-state index < -0.39 is 5.41 Å². The van der Waals surface area contributed by atoms with Crippen LogP contribution in [0.15, 0.2) is 6.20 Å². The number of aryl methyl sites for hydroxylation is 2. The molecule has 0 atom stereocenters. The minimum Gasteiger partial charge on any atom is -0.286 e. The van der Waals surface area contributed by atoms with Gasteiger partial charge in [-0.3, -0.25) is 30.6 Å². The molecule has 0 unspecified atom stereocenters. The van der Waals surface area contributed by atoms with Gasteiger partial charge in [0.15, 0.2) is 5.82 Å². The smallest absolute Gasteiger partial charge is 0.246 e. The molecule has 1 saturated carbocycles. The Balaban J connectivity index is 2.10. The van der Waals surface area contributed by atoms with Crippen LogP contribution in [0.1, 0.15) is 44.0 Å². The molecule has 0 saturated heterocycles. The molecule has 0 spiro atoms. The highest BCUT2D eigenvalue weighted by Crippen LogP contribution is 2.39. The van der Waals surface area contributed by atoms with E-state index in [0.29, 0.717) is 41.7 Å². The molecule has 1 aromatic rings. The van der Waals surface area contributed by atoms with E-state index in [4.69, 9.17) is 0 Å². The Kier molecular flexibility index (Phi) is 5.71. The predicted molar refractivity (Wildman–Crippen MR) is 87.9 cm³/mol. The number of rotatable bonds is 6. The highest BCUT2D eigenvalue weighted by molar-refractivity contribution is 5.84. The third kappa shape index (κ3) is 4.19. The van der Waals surface area contributed by atoms with Gasteiger partial charge >= 0.3 is 0 Å². The van der Waals surface area contributed by atoms with Crippen LogP contribution in [0.3, 0.4) is 0 Å². The van der Waals surface area contributed by atoms with Crippen LogP contribution in [0, 0.1) is 25.2 Å². The monoisotopic (exact) mass is 335 g/mol. The van der Waals surface area contributed by atoms with E-state index >= 15 is 0 Å². The molecule has 0 aliphatic heterocycles. The lowest BCUT2D eigenvalue weighted by atomic mass is 9.70. The van der Waals surface area contributed by atoms with Gasteiger partial charge < -0.3 is 0 Å². The number of hydroxylamine groups is 2. The molecule has 1 aliphatic carbocycles. The maximum absolute atomic E-state index is 12.8. The summed E-state index contributed by atoms with van der Waals surface area (Å²) in [6.07, 6.45) is 4.97. The Morgan fingerprint density at radius 1 is 1.46 bits per heavy atom. The summed E-state index contributed by atoms with van der Waals surface area (Å²) in [7, 11) is 0. The molecular formula is C16H25N5O3. The number of aromatic nitrogens is 2. The molecule has 1 fully saturated rings. The summed E-state index contributed by atoms with van der Waals surface area (Å²) in [4.78, 5) is 32.0. The van der Waals surface area contributed by atoms with E-state index in [9.17, 15) is 14.8 Å². The topological polar surface area (TPSA) is 107 Å². The van der Waals surface area contributed by atoms with E-state index in [0.717, 1.165) is 18.5 Å². The molecule has 1 heterocycles. The number of amides is 2. The molecule has 8 nitrogen and oxygen atoms in total. The first-order valence-corrected chi connectivity index (χ1v) is 8.14. The molecule has 0 aromatic carbocycles. The Morgan fingerprint density at radius 3 is 2.75 bits per heavy atom. The Morgan fingerprint density at radius 2 is 2.12 bits per heavy atom. The number of nitrogens with zero attached hydrogens (tertiary/aromatic N) is 3. The normalized spacial score (nSPS) is 23.4. The van der Waals surface area contributed by atoms with Gasteiger partial charge in [0.05, 0.1) is 23.3 Å². The zero-order valence-electron chi connectivity index (χ0n) is 14.4. The summed E-state index contributed by atoms with van der Waals surface area (Å²) in [5, 5.41) is 10.1. The molecule has 0 radical (unpaired) electrons. The standard InChI is InChI=1S/C16H25N5O3/c1-11-4-6-16(7-5-11,9-21(24)10-22)15(23)20-19-14-13(3)17-8-12(2)18-14/h8,10-11,24H,4-7,9H2,1-3H3,(H,18,19)(H,20,23). The number of anilines is 1. The van der Waals surface area contributed by atoms with Gasteiger partial charge in [-0.05, 0) is 45.4 Å². The van der Waals surface area contributed by atoms with Crippen molar-refractivity contribution in [3.05, 3.63) is 17.6 Å². The van der Waals surface area contributed by atoms with Crippen LogP contribution in [0.4, 0.5) is 5.82 Å². The maximum atomic E-state index is 12.8. The lowest BCUT2D eigenvalue weighted by Crippen LogP contribution is -2.51. The van der Waals surface area contributed by atoms with E-state index in [-0.39, 0.29) is 12.5 Å². The summed E-state index contributed by atoms with van der Waals surface area (Å²) >= 11 is 0. The van der Waals surface area contributed by atoms with E-state index in [2.05, 4.69) is 27.7 Å². The fourth-order valence-corrected chi connectivity index (χ4v) is 3.02. The van der Waals surface area contributed by atoms with Crippen molar-refractivity contribution in [3.8, 4) is 0 Å². The van der Waals surface area contributed by atoms with Gasteiger partial charge in [-0.2, -0.15) is 0 Å². The predicted octanol–water partition coefficient (Wildman–Crippen LogP) is 1.58. The molecule has 0 bridgehead atoms. The fraction of sp³-hybridized carbons (Fsp3) is 0.625. The van der Waals surface area contributed by atoms with Gasteiger partial charge in [-0.1, -0.05) is 6.92 Å². The largest absolute Gasteiger partial charge is 0.286 e. The Labute approximate surface area is 141 Å². The molecule has 24 heavy (non-hydrogen) atoms. The number of carbonyl (C=O) groups is 2. The second kappa shape index (κ2) is 7.57. The molecule has 2 amide bonds. The van der Waals surface area contributed by atoms with Crippen molar-refractivity contribution in [2.75, 3.05) is 12.0 Å². The zero-order chi connectivity index (χ0) is 17.7. The summed E-state index contributed by atoms with van der Waals surface area (Å²) < 4.78 is 0. The Bertz CT molecular complexity index is 599. The van der Waals surface area contributed by atoms with Crippen molar-refractivity contribution < 1.29 is 14.8 Å². The minimum atomic E-state index is -0.805. The van der Waals surface area contributed by atoms with Crippen LogP contribution in [-0.4, -0.2) is 39.1 Å².